The van der Waals surface area contributed by atoms with Crippen LogP contribution in [0, 0.1) is 0 Å². The zero-order valence-corrected chi connectivity index (χ0v) is 15.1. The van der Waals surface area contributed by atoms with Crippen molar-refractivity contribution < 1.29 is 14.3 Å². The number of nitrogens with one attached hydrogen (secondary N) is 1. The Balaban J connectivity index is 1.86. The lowest BCUT2D eigenvalue weighted by atomic mass is 10.1. The summed E-state index contributed by atoms with van der Waals surface area (Å²) in [4.78, 5) is 24.2. The molecule has 0 aliphatic rings. The highest BCUT2D eigenvalue weighted by Crippen LogP contribution is 2.19. The van der Waals surface area contributed by atoms with Crippen LogP contribution >= 0.6 is 0 Å². The highest BCUT2D eigenvalue weighted by atomic mass is 16.5. The minimum Gasteiger partial charge on any atom is -0.465 e. The molecule has 0 aliphatic carbocycles. The number of ether oxygens (including phenoxy) is 1. The molecule has 1 amide bonds. The third kappa shape index (κ3) is 4.82. The standard InChI is InChI=1S/C21H21N3O3/c1-2-27-20(25)14-22-21(26)19-13-18(17-11-7-4-8-12-17)23-24(19)15-16-9-5-3-6-10-16/h3-13H,2,14-15H2,1H3,(H,22,26). The van der Waals surface area contributed by atoms with Crippen LogP contribution < -0.4 is 5.32 Å². The summed E-state index contributed by atoms with van der Waals surface area (Å²) in [6, 6.07) is 21.2. The molecule has 6 heteroatoms. The zero-order chi connectivity index (χ0) is 19.1. The molecule has 0 bridgehead atoms. The van der Waals surface area contributed by atoms with E-state index in [1.54, 1.807) is 17.7 Å². The first-order valence-corrected chi connectivity index (χ1v) is 8.78. The Morgan fingerprint density at radius 2 is 1.70 bits per heavy atom. The monoisotopic (exact) mass is 363 g/mol. The van der Waals surface area contributed by atoms with E-state index in [1.165, 1.54) is 0 Å². The average Bonchev–Trinajstić information content (AvgIpc) is 3.12. The normalized spacial score (nSPS) is 10.4. The Hall–Kier alpha value is -3.41. The second-order valence-electron chi connectivity index (χ2n) is 5.91. The van der Waals surface area contributed by atoms with Crippen molar-refractivity contribution in [1.82, 2.24) is 15.1 Å². The topological polar surface area (TPSA) is 73.2 Å². The van der Waals surface area contributed by atoms with Gasteiger partial charge in [0.15, 0.2) is 0 Å². The predicted octanol–water partition coefficient (Wildman–Crippen LogP) is 2.89. The number of carbonyl (C=O) groups is 2. The molecular formula is C21H21N3O3. The van der Waals surface area contributed by atoms with Crippen molar-refractivity contribution in [3.8, 4) is 11.3 Å². The molecule has 6 nitrogen and oxygen atoms in total. The number of esters is 1. The fourth-order valence-corrected chi connectivity index (χ4v) is 2.68. The molecule has 1 heterocycles. The van der Waals surface area contributed by atoms with E-state index in [-0.39, 0.29) is 19.1 Å². The van der Waals surface area contributed by atoms with Gasteiger partial charge in [0.25, 0.3) is 5.91 Å². The number of nitrogens with zero attached hydrogens (tertiary/aromatic N) is 2. The van der Waals surface area contributed by atoms with Crippen molar-refractivity contribution >= 4 is 11.9 Å². The number of hydrogen-bond acceptors (Lipinski definition) is 4. The molecule has 0 saturated carbocycles. The Kier molecular flexibility index (Phi) is 5.99. The molecular weight excluding hydrogens is 342 g/mol. The predicted molar refractivity (Wildman–Crippen MR) is 102 cm³/mol. The molecule has 2 aromatic carbocycles. The highest BCUT2D eigenvalue weighted by Gasteiger charge is 2.17. The number of aromatic nitrogens is 2. The summed E-state index contributed by atoms with van der Waals surface area (Å²) >= 11 is 0. The third-order valence-corrected chi connectivity index (χ3v) is 3.96. The molecule has 0 unspecified atom stereocenters. The van der Waals surface area contributed by atoms with Crippen LogP contribution in [0.5, 0.6) is 0 Å². The summed E-state index contributed by atoms with van der Waals surface area (Å²) in [5, 5.41) is 7.20. The third-order valence-electron chi connectivity index (χ3n) is 3.96. The highest BCUT2D eigenvalue weighted by molar-refractivity contribution is 5.95. The van der Waals surface area contributed by atoms with Crippen molar-refractivity contribution in [1.29, 1.82) is 0 Å². The van der Waals surface area contributed by atoms with Crippen LogP contribution in [-0.4, -0.2) is 34.8 Å². The summed E-state index contributed by atoms with van der Waals surface area (Å²) in [5.41, 5.74) is 3.04. The molecule has 0 saturated heterocycles. The van der Waals surface area contributed by atoms with E-state index in [2.05, 4.69) is 10.4 Å². The number of carbonyl (C=O) groups excluding carboxylic acids is 2. The second-order valence-corrected chi connectivity index (χ2v) is 5.91. The minimum absolute atomic E-state index is 0.177. The first kappa shape index (κ1) is 18.4. The minimum atomic E-state index is -0.469. The van der Waals surface area contributed by atoms with Crippen molar-refractivity contribution in [3.63, 3.8) is 0 Å². The number of benzene rings is 2. The van der Waals surface area contributed by atoms with E-state index in [9.17, 15) is 9.59 Å². The van der Waals surface area contributed by atoms with Gasteiger partial charge in [0.1, 0.15) is 12.2 Å². The Morgan fingerprint density at radius 1 is 1.04 bits per heavy atom. The van der Waals surface area contributed by atoms with Crippen molar-refractivity contribution in [2.75, 3.05) is 13.2 Å². The molecule has 0 aliphatic heterocycles. The van der Waals surface area contributed by atoms with Gasteiger partial charge in [-0.3, -0.25) is 14.3 Å². The summed E-state index contributed by atoms with van der Waals surface area (Å²) in [7, 11) is 0. The van der Waals surface area contributed by atoms with Gasteiger partial charge >= 0.3 is 5.97 Å². The number of hydrogen-bond donors (Lipinski definition) is 1. The largest absolute Gasteiger partial charge is 0.465 e. The van der Waals surface area contributed by atoms with Crippen LogP contribution in [0.25, 0.3) is 11.3 Å². The summed E-state index contributed by atoms with van der Waals surface area (Å²) in [6.45, 7) is 2.28. The van der Waals surface area contributed by atoms with Gasteiger partial charge in [-0.05, 0) is 18.6 Å². The van der Waals surface area contributed by atoms with Crippen molar-refractivity contribution in [3.05, 3.63) is 78.0 Å². The first-order valence-electron chi connectivity index (χ1n) is 8.78. The van der Waals surface area contributed by atoms with Crippen molar-refractivity contribution in [2.24, 2.45) is 0 Å². The van der Waals surface area contributed by atoms with Gasteiger partial charge < -0.3 is 10.1 Å². The second kappa shape index (κ2) is 8.80. The summed E-state index contributed by atoms with van der Waals surface area (Å²) in [5.74, 6) is -0.836. The quantitative estimate of drug-likeness (QED) is 0.655. The smallest absolute Gasteiger partial charge is 0.325 e. The van der Waals surface area contributed by atoms with Gasteiger partial charge in [0.05, 0.1) is 18.8 Å². The molecule has 1 aromatic heterocycles. The van der Waals surface area contributed by atoms with E-state index >= 15 is 0 Å². The van der Waals surface area contributed by atoms with Crippen LogP contribution in [0.3, 0.4) is 0 Å². The molecule has 27 heavy (non-hydrogen) atoms. The molecule has 138 valence electrons. The van der Waals surface area contributed by atoms with Gasteiger partial charge in [0.2, 0.25) is 0 Å². The molecule has 0 spiro atoms. The van der Waals surface area contributed by atoms with Gasteiger partial charge in [-0.15, -0.1) is 0 Å². The van der Waals surface area contributed by atoms with Gasteiger partial charge in [-0.1, -0.05) is 60.7 Å². The van der Waals surface area contributed by atoms with E-state index in [4.69, 9.17) is 4.74 Å². The molecule has 0 atom stereocenters. The van der Waals surface area contributed by atoms with E-state index in [0.29, 0.717) is 17.9 Å². The van der Waals surface area contributed by atoms with Crippen LogP contribution in [0.1, 0.15) is 23.0 Å². The van der Waals surface area contributed by atoms with Crippen LogP contribution in [-0.2, 0) is 16.1 Å². The maximum absolute atomic E-state index is 12.6. The zero-order valence-electron chi connectivity index (χ0n) is 15.1. The maximum atomic E-state index is 12.6. The van der Waals surface area contributed by atoms with Crippen LogP contribution in [0.2, 0.25) is 0 Å². The Morgan fingerprint density at radius 3 is 2.37 bits per heavy atom. The molecule has 0 fully saturated rings. The Labute approximate surface area is 157 Å². The molecule has 1 N–H and O–H groups in total. The fourth-order valence-electron chi connectivity index (χ4n) is 2.68. The van der Waals surface area contributed by atoms with Crippen molar-refractivity contribution in [2.45, 2.75) is 13.5 Å². The average molecular weight is 363 g/mol. The molecule has 3 rings (SSSR count). The first-order chi connectivity index (χ1) is 13.2. The summed E-state index contributed by atoms with van der Waals surface area (Å²) in [6.07, 6.45) is 0. The van der Waals surface area contributed by atoms with Gasteiger partial charge in [0, 0.05) is 5.56 Å². The lowest BCUT2D eigenvalue weighted by Crippen LogP contribution is -2.32. The molecule has 3 aromatic rings. The van der Waals surface area contributed by atoms with E-state index in [1.807, 2.05) is 60.7 Å². The van der Waals surface area contributed by atoms with Crippen LogP contribution in [0.15, 0.2) is 66.7 Å². The van der Waals surface area contributed by atoms with Gasteiger partial charge in [-0.2, -0.15) is 5.10 Å². The number of amides is 1. The van der Waals surface area contributed by atoms with Gasteiger partial charge in [-0.25, -0.2) is 0 Å². The van der Waals surface area contributed by atoms with Crippen LogP contribution in [0.4, 0.5) is 0 Å². The Bertz CT molecular complexity index is 905. The number of rotatable bonds is 7. The maximum Gasteiger partial charge on any atom is 0.325 e. The molecule has 0 radical (unpaired) electrons. The fraction of sp³-hybridized carbons (Fsp3) is 0.190. The SMILES string of the molecule is CCOC(=O)CNC(=O)c1cc(-c2ccccc2)nn1Cc1ccccc1. The lowest BCUT2D eigenvalue weighted by molar-refractivity contribution is -0.141. The summed E-state index contributed by atoms with van der Waals surface area (Å²) < 4.78 is 6.50. The lowest BCUT2D eigenvalue weighted by Gasteiger charge is -2.08. The van der Waals surface area contributed by atoms with E-state index in [0.717, 1.165) is 11.1 Å². The van der Waals surface area contributed by atoms with E-state index < -0.39 is 5.97 Å².